The summed E-state index contributed by atoms with van der Waals surface area (Å²) in [7, 11) is 1.64. The molecule has 146 valence electrons. The number of carbonyl (C=O) groups excluding carboxylic acids is 1. The van der Waals surface area contributed by atoms with Gasteiger partial charge in [0.05, 0.1) is 32.8 Å². The Morgan fingerprint density at radius 3 is 2.93 bits per heavy atom. The van der Waals surface area contributed by atoms with Crippen molar-refractivity contribution in [2.75, 3.05) is 20.3 Å². The molecule has 3 aromatic rings. The number of aromatic nitrogens is 4. The Labute approximate surface area is 163 Å². The summed E-state index contributed by atoms with van der Waals surface area (Å²) in [5.74, 6) is 0.444. The highest BCUT2D eigenvalue weighted by Crippen LogP contribution is 2.19. The number of rotatable bonds is 6. The van der Waals surface area contributed by atoms with Crippen molar-refractivity contribution < 1.29 is 14.3 Å². The molecule has 28 heavy (non-hydrogen) atoms. The van der Waals surface area contributed by atoms with Crippen LogP contribution in [0.4, 0.5) is 0 Å². The zero-order chi connectivity index (χ0) is 19.3. The number of pyridine rings is 1. The SMILES string of the molecule is COCCn1ccc(C(=O)N2Cc3cccn3C[C@@H](Oc3ccccn3)C2)n1. The second-order valence-corrected chi connectivity index (χ2v) is 6.70. The lowest BCUT2D eigenvalue weighted by Crippen LogP contribution is -2.39. The lowest BCUT2D eigenvalue weighted by molar-refractivity contribution is 0.0639. The van der Waals surface area contributed by atoms with Gasteiger partial charge in [0.25, 0.3) is 5.91 Å². The fourth-order valence-corrected chi connectivity index (χ4v) is 3.32. The summed E-state index contributed by atoms with van der Waals surface area (Å²) in [6, 6.07) is 11.3. The van der Waals surface area contributed by atoms with Gasteiger partial charge in [-0.2, -0.15) is 5.10 Å². The van der Waals surface area contributed by atoms with Crippen LogP contribution in [0.25, 0.3) is 0 Å². The highest BCUT2D eigenvalue weighted by atomic mass is 16.5. The van der Waals surface area contributed by atoms with Crippen LogP contribution < -0.4 is 4.74 Å². The Kier molecular flexibility index (Phi) is 5.38. The van der Waals surface area contributed by atoms with Gasteiger partial charge in [0.1, 0.15) is 11.8 Å². The Balaban J connectivity index is 1.53. The van der Waals surface area contributed by atoms with E-state index in [4.69, 9.17) is 9.47 Å². The van der Waals surface area contributed by atoms with Gasteiger partial charge in [-0.15, -0.1) is 0 Å². The van der Waals surface area contributed by atoms with Gasteiger partial charge in [-0.05, 0) is 24.3 Å². The molecule has 0 saturated carbocycles. The topological polar surface area (TPSA) is 74.4 Å². The highest BCUT2D eigenvalue weighted by molar-refractivity contribution is 5.92. The maximum absolute atomic E-state index is 13.1. The minimum Gasteiger partial charge on any atom is -0.471 e. The van der Waals surface area contributed by atoms with Gasteiger partial charge < -0.3 is 18.9 Å². The van der Waals surface area contributed by atoms with Crippen LogP contribution in [-0.2, 0) is 24.4 Å². The number of methoxy groups -OCH3 is 1. The normalized spacial score (nSPS) is 16.5. The van der Waals surface area contributed by atoms with Gasteiger partial charge in [0, 0.05) is 37.5 Å². The third kappa shape index (κ3) is 4.07. The lowest BCUT2D eigenvalue weighted by atomic mass is 10.3. The standard InChI is InChI=1S/C20H23N5O3/c1-27-12-11-25-10-7-18(22-25)20(26)24-13-16-5-4-9-23(16)14-17(15-24)28-19-6-2-3-8-21-19/h2-10,17H,11-15H2,1H3/t17-/m1/s1. The van der Waals surface area contributed by atoms with Crippen LogP contribution in [0.5, 0.6) is 5.88 Å². The molecular formula is C20H23N5O3. The fraction of sp³-hybridized carbons (Fsp3) is 0.350. The first-order valence-electron chi connectivity index (χ1n) is 9.26. The van der Waals surface area contributed by atoms with Gasteiger partial charge in [0.15, 0.2) is 0 Å². The summed E-state index contributed by atoms with van der Waals surface area (Å²) >= 11 is 0. The first kappa shape index (κ1) is 18.2. The van der Waals surface area contributed by atoms with E-state index in [1.807, 2.05) is 36.5 Å². The van der Waals surface area contributed by atoms with Gasteiger partial charge in [-0.1, -0.05) is 6.07 Å². The Morgan fingerprint density at radius 1 is 1.18 bits per heavy atom. The van der Waals surface area contributed by atoms with E-state index in [2.05, 4.69) is 14.6 Å². The van der Waals surface area contributed by atoms with E-state index in [1.54, 1.807) is 35.2 Å². The molecule has 0 bridgehead atoms. The number of ether oxygens (including phenoxy) is 2. The number of amides is 1. The molecule has 0 aromatic carbocycles. The van der Waals surface area contributed by atoms with E-state index in [0.29, 0.717) is 44.4 Å². The molecule has 4 heterocycles. The molecule has 0 saturated heterocycles. The monoisotopic (exact) mass is 381 g/mol. The molecular weight excluding hydrogens is 358 g/mol. The van der Waals surface area contributed by atoms with Crippen LogP contribution in [0.2, 0.25) is 0 Å². The molecule has 1 atom stereocenters. The van der Waals surface area contributed by atoms with Crippen molar-refractivity contribution in [1.82, 2.24) is 24.2 Å². The van der Waals surface area contributed by atoms with Crippen molar-refractivity contribution in [2.24, 2.45) is 0 Å². The van der Waals surface area contributed by atoms with Crippen molar-refractivity contribution in [3.05, 3.63) is 66.4 Å². The Morgan fingerprint density at radius 2 is 2.11 bits per heavy atom. The zero-order valence-corrected chi connectivity index (χ0v) is 15.8. The van der Waals surface area contributed by atoms with Crippen molar-refractivity contribution in [2.45, 2.75) is 25.7 Å². The first-order valence-corrected chi connectivity index (χ1v) is 9.26. The first-order chi connectivity index (χ1) is 13.7. The van der Waals surface area contributed by atoms with Crippen LogP contribution in [-0.4, -0.2) is 56.5 Å². The molecule has 4 rings (SSSR count). The van der Waals surface area contributed by atoms with Crippen LogP contribution >= 0.6 is 0 Å². The highest BCUT2D eigenvalue weighted by Gasteiger charge is 2.28. The van der Waals surface area contributed by atoms with Gasteiger partial charge in [-0.25, -0.2) is 4.98 Å². The van der Waals surface area contributed by atoms with Crippen molar-refractivity contribution >= 4 is 5.91 Å². The molecule has 8 heteroatoms. The lowest BCUT2D eigenvalue weighted by Gasteiger charge is -2.24. The summed E-state index contributed by atoms with van der Waals surface area (Å²) in [5, 5.41) is 4.39. The van der Waals surface area contributed by atoms with Crippen molar-refractivity contribution in [3.8, 4) is 5.88 Å². The summed E-state index contributed by atoms with van der Waals surface area (Å²) < 4.78 is 15.0. The van der Waals surface area contributed by atoms with Gasteiger partial charge in [-0.3, -0.25) is 9.48 Å². The quantitative estimate of drug-likeness (QED) is 0.651. The third-order valence-electron chi connectivity index (χ3n) is 4.70. The van der Waals surface area contributed by atoms with Crippen LogP contribution in [0.3, 0.4) is 0 Å². The van der Waals surface area contributed by atoms with E-state index < -0.39 is 0 Å². The number of carbonyl (C=O) groups is 1. The number of nitrogens with zero attached hydrogens (tertiary/aromatic N) is 5. The van der Waals surface area contributed by atoms with E-state index in [0.717, 1.165) is 5.69 Å². The molecule has 1 aliphatic rings. The van der Waals surface area contributed by atoms with E-state index in [-0.39, 0.29) is 12.0 Å². The number of hydrogen-bond donors (Lipinski definition) is 0. The molecule has 0 spiro atoms. The van der Waals surface area contributed by atoms with Crippen LogP contribution in [0.1, 0.15) is 16.2 Å². The molecule has 3 aromatic heterocycles. The van der Waals surface area contributed by atoms with E-state index in [9.17, 15) is 4.79 Å². The third-order valence-corrected chi connectivity index (χ3v) is 4.70. The van der Waals surface area contributed by atoms with Crippen molar-refractivity contribution in [1.29, 1.82) is 0 Å². The largest absolute Gasteiger partial charge is 0.471 e. The maximum atomic E-state index is 13.1. The minimum atomic E-state index is -0.205. The summed E-state index contributed by atoms with van der Waals surface area (Å²) in [6.45, 7) is 2.79. The smallest absolute Gasteiger partial charge is 0.274 e. The van der Waals surface area contributed by atoms with Crippen LogP contribution in [0.15, 0.2) is 55.0 Å². The predicted octanol–water partition coefficient (Wildman–Crippen LogP) is 1.83. The second kappa shape index (κ2) is 8.26. The molecule has 8 nitrogen and oxygen atoms in total. The fourth-order valence-electron chi connectivity index (χ4n) is 3.32. The van der Waals surface area contributed by atoms with Gasteiger partial charge in [0.2, 0.25) is 5.88 Å². The maximum Gasteiger partial charge on any atom is 0.274 e. The Bertz CT molecular complexity index is 921. The Hall–Kier alpha value is -3.13. The summed E-state index contributed by atoms with van der Waals surface area (Å²) in [5.41, 5.74) is 1.49. The molecule has 0 N–H and O–H groups in total. The van der Waals surface area contributed by atoms with Gasteiger partial charge >= 0.3 is 0 Å². The summed E-state index contributed by atoms with van der Waals surface area (Å²) in [6.07, 6.45) is 5.30. The average molecular weight is 381 g/mol. The molecule has 1 aliphatic heterocycles. The molecule has 0 fully saturated rings. The molecule has 0 radical (unpaired) electrons. The molecule has 1 amide bonds. The minimum absolute atomic E-state index is 0.111. The van der Waals surface area contributed by atoms with Crippen molar-refractivity contribution in [3.63, 3.8) is 0 Å². The van der Waals surface area contributed by atoms with E-state index in [1.165, 1.54) is 0 Å². The average Bonchev–Trinajstić information content (AvgIpc) is 3.32. The zero-order valence-electron chi connectivity index (χ0n) is 15.8. The molecule has 0 unspecified atom stereocenters. The molecule has 0 aliphatic carbocycles. The predicted molar refractivity (Wildman–Crippen MR) is 102 cm³/mol. The second-order valence-electron chi connectivity index (χ2n) is 6.70. The number of fused-ring (bicyclic) bond motifs is 1. The summed E-state index contributed by atoms with van der Waals surface area (Å²) in [4.78, 5) is 19.1. The number of hydrogen-bond acceptors (Lipinski definition) is 5. The van der Waals surface area contributed by atoms with Crippen LogP contribution in [0, 0.1) is 0 Å². The van der Waals surface area contributed by atoms with E-state index >= 15 is 0 Å².